The van der Waals surface area contributed by atoms with Crippen molar-refractivity contribution in [1.82, 2.24) is 0 Å². The lowest BCUT2D eigenvalue weighted by Crippen LogP contribution is -2.38. The summed E-state index contributed by atoms with van der Waals surface area (Å²) in [6.07, 6.45) is -0.567. The molecule has 0 fully saturated rings. The molecule has 0 aromatic carbocycles. The topological polar surface area (TPSA) is 46.2 Å². The zero-order valence-corrected chi connectivity index (χ0v) is 8.48. The number of aryl methyl sites for hydroxylation is 1. The Labute approximate surface area is 77.0 Å². The summed E-state index contributed by atoms with van der Waals surface area (Å²) < 4.78 is 0. The second-order valence-corrected chi connectivity index (χ2v) is 4.83. The minimum absolute atomic E-state index is 0.562. The van der Waals surface area contributed by atoms with Crippen molar-refractivity contribution in [3.63, 3.8) is 0 Å². The van der Waals surface area contributed by atoms with Crippen LogP contribution in [0.4, 0.5) is 0 Å². The Morgan fingerprint density at radius 2 is 2.17 bits per heavy atom. The highest BCUT2D eigenvalue weighted by molar-refractivity contribution is 7.10. The van der Waals surface area contributed by atoms with Crippen LogP contribution in [0.1, 0.15) is 30.4 Å². The van der Waals surface area contributed by atoms with Gasteiger partial charge in [-0.3, -0.25) is 0 Å². The Morgan fingerprint density at radius 1 is 1.58 bits per heavy atom. The van der Waals surface area contributed by atoms with Gasteiger partial charge in [0.2, 0.25) is 0 Å². The normalized spacial score (nSPS) is 14.8. The number of thiophene rings is 1. The van der Waals surface area contributed by atoms with Crippen LogP contribution >= 0.6 is 11.3 Å². The van der Waals surface area contributed by atoms with Gasteiger partial charge in [-0.05, 0) is 37.8 Å². The van der Waals surface area contributed by atoms with Crippen LogP contribution in [0.25, 0.3) is 0 Å². The summed E-state index contributed by atoms with van der Waals surface area (Å²) in [6, 6.07) is 1.98. The smallest absolute Gasteiger partial charge is 0.0972 e. The van der Waals surface area contributed by atoms with Gasteiger partial charge in [0.25, 0.3) is 0 Å². The summed E-state index contributed by atoms with van der Waals surface area (Å²) in [5.41, 5.74) is 6.13. The molecule has 1 heterocycles. The summed E-state index contributed by atoms with van der Waals surface area (Å²) in [5, 5.41) is 11.7. The van der Waals surface area contributed by atoms with E-state index in [1.165, 1.54) is 4.88 Å². The van der Waals surface area contributed by atoms with Crippen molar-refractivity contribution in [1.29, 1.82) is 0 Å². The minimum Gasteiger partial charge on any atom is -0.386 e. The SMILES string of the molecule is Cc1cc(C(O)C(C)(C)N)cs1. The fourth-order valence-corrected chi connectivity index (χ4v) is 1.76. The Morgan fingerprint density at radius 3 is 2.50 bits per heavy atom. The van der Waals surface area contributed by atoms with Crippen LogP contribution in [0.15, 0.2) is 11.4 Å². The Bertz CT molecular complexity index is 262. The Kier molecular flexibility index (Phi) is 2.56. The molecule has 0 spiro atoms. The fourth-order valence-electron chi connectivity index (χ4n) is 1.04. The molecule has 68 valence electrons. The number of aliphatic hydroxyl groups is 1. The maximum atomic E-state index is 9.75. The molecule has 0 aliphatic heterocycles. The van der Waals surface area contributed by atoms with Gasteiger partial charge >= 0.3 is 0 Å². The van der Waals surface area contributed by atoms with Crippen molar-refractivity contribution in [2.24, 2.45) is 5.73 Å². The summed E-state index contributed by atoms with van der Waals surface area (Å²) in [4.78, 5) is 1.20. The van der Waals surface area contributed by atoms with Crippen molar-refractivity contribution in [3.05, 3.63) is 21.9 Å². The molecule has 3 N–H and O–H groups in total. The van der Waals surface area contributed by atoms with E-state index in [2.05, 4.69) is 0 Å². The molecule has 1 aromatic heterocycles. The Balaban J connectivity index is 2.85. The first-order chi connectivity index (χ1) is 5.41. The molecular weight excluding hydrogens is 170 g/mol. The quantitative estimate of drug-likeness (QED) is 0.738. The van der Waals surface area contributed by atoms with Gasteiger partial charge in [0.1, 0.15) is 0 Å². The van der Waals surface area contributed by atoms with E-state index in [-0.39, 0.29) is 0 Å². The molecule has 0 bridgehead atoms. The molecule has 1 unspecified atom stereocenters. The molecule has 1 rings (SSSR count). The van der Waals surface area contributed by atoms with Crippen molar-refractivity contribution in [2.75, 3.05) is 0 Å². The molecule has 0 amide bonds. The van der Waals surface area contributed by atoms with Gasteiger partial charge in [-0.15, -0.1) is 11.3 Å². The number of hydrogen-bond donors (Lipinski definition) is 2. The highest BCUT2D eigenvalue weighted by Crippen LogP contribution is 2.26. The van der Waals surface area contributed by atoms with Crippen molar-refractivity contribution >= 4 is 11.3 Å². The van der Waals surface area contributed by atoms with E-state index in [0.29, 0.717) is 0 Å². The maximum Gasteiger partial charge on any atom is 0.0972 e. The first-order valence-electron chi connectivity index (χ1n) is 3.93. The molecule has 0 saturated carbocycles. The van der Waals surface area contributed by atoms with E-state index < -0.39 is 11.6 Å². The van der Waals surface area contributed by atoms with Crippen LogP contribution < -0.4 is 5.73 Å². The van der Waals surface area contributed by atoms with E-state index in [9.17, 15) is 5.11 Å². The third-order valence-corrected chi connectivity index (χ3v) is 2.65. The fraction of sp³-hybridized carbons (Fsp3) is 0.556. The van der Waals surface area contributed by atoms with Crippen LogP contribution in [-0.2, 0) is 0 Å². The number of rotatable bonds is 2. The van der Waals surface area contributed by atoms with E-state index in [1.54, 1.807) is 11.3 Å². The molecule has 3 heteroatoms. The molecule has 0 saturated heterocycles. The van der Waals surface area contributed by atoms with Crippen LogP contribution in [-0.4, -0.2) is 10.6 Å². The summed E-state index contributed by atoms with van der Waals surface area (Å²) >= 11 is 1.63. The summed E-state index contributed by atoms with van der Waals surface area (Å²) in [6.45, 7) is 5.67. The molecule has 1 aromatic rings. The average molecular weight is 185 g/mol. The zero-order valence-electron chi connectivity index (χ0n) is 7.66. The van der Waals surface area contributed by atoms with Gasteiger partial charge in [-0.25, -0.2) is 0 Å². The lowest BCUT2D eigenvalue weighted by atomic mass is 9.94. The lowest BCUT2D eigenvalue weighted by Gasteiger charge is -2.24. The van der Waals surface area contributed by atoms with Crippen molar-refractivity contribution in [3.8, 4) is 0 Å². The molecule has 0 aliphatic rings. The first kappa shape index (κ1) is 9.71. The molecule has 1 atom stereocenters. The standard InChI is InChI=1S/C9H15NOS/c1-6-4-7(5-12-6)8(11)9(2,3)10/h4-5,8,11H,10H2,1-3H3. The number of aliphatic hydroxyl groups excluding tert-OH is 1. The third kappa shape index (κ3) is 2.06. The van der Waals surface area contributed by atoms with Crippen molar-refractivity contribution in [2.45, 2.75) is 32.4 Å². The monoisotopic (exact) mass is 185 g/mol. The minimum atomic E-state index is -0.567. The summed E-state index contributed by atoms with van der Waals surface area (Å²) in [5.74, 6) is 0. The maximum absolute atomic E-state index is 9.75. The molecular formula is C9H15NOS. The van der Waals surface area contributed by atoms with Gasteiger partial charge in [-0.1, -0.05) is 0 Å². The third-order valence-electron chi connectivity index (χ3n) is 1.77. The molecule has 12 heavy (non-hydrogen) atoms. The summed E-state index contributed by atoms with van der Waals surface area (Å²) in [7, 11) is 0. The van der Waals surface area contributed by atoms with E-state index in [1.807, 2.05) is 32.2 Å². The van der Waals surface area contributed by atoms with E-state index >= 15 is 0 Å². The number of nitrogens with two attached hydrogens (primary N) is 1. The molecule has 0 aliphatic carbocycles. The predicted octanol–water partition coefficient (Wildman–Crippen LogP) is 1.83. The highest BCUT2D eigenvalue weighted by atomic mass is 32.1. The lowest BCUT2D eigenvalue weighted by molar-refractivity contribution is 0.105. The molecule has 2 nitrogen and oxygen atoms in total. The van der Waals surface area contributed by atoms with Gasteiger partial charge < -0.3 is 10.8 Å². The average Bonchev–Trinajstić information content (AvgIpc) is 2.32. The van der Waals surface area contributed by atoms with Gasteiger partial charge in [0.05, 0.1) is 6.10 Å². The second-order valence-electron chi connectivity index (χ2n) is 3.71. The van der Waals surface area contributed by atoms with Crippen molar-refractivity contribution < 1.29 is 5.11 Å². The van der Waals surface area contributed by atoms with Crippen LogP contribution in [0.5, 0.6) is 0 Å². The van der Waals surface area contributed by atoms with Crippen LogP contribution in [0.3, 0.4) is 0 Å². The van der Waals surface area contributed by atoms with E-state index in [0.717, 1.165) is 5.56 Å². The highest BCUT2D eigenvalue weighted by Gasteiger charge is 2.24. The van der Waals surface area contributed by atoms with Gasteiger partial charge in [0, 0.05) is 10.4 Å². The predicted molar refractivity (Wildman–Crippen MR) is 52.3 cm³/mol. The second kappa shape index (κ2) is 3.17. The van der Waals surface area contributed by atoms with Gasteiger partial charge in [0.15, 0.2) is 0 Å². The largest absolute Gasteiger partial charge is 0.386 e. The van der Waals surface area contributed by atoms with Gasteiger partial charge in [-0.2, -0.15) is 0 Å². The molecule has 0 radical (unpaired) electrons. The van der Waals surface area contributed by atoms with Crippen LogP contribution in [0, 0.1) is 6.92 Å². The van der Waals surface area contributed by atoms with E-state index in [4.69, 9.17) is 5.73 Å². The zero-order chi connectivity index (χ0) is 9.35. The Hall–Kier alpha value is -0.380. The van der Waals surface area contributed by atoms with Crippen LogP contribution in [0.2, 0.25) is 0 Å². The first-order valence-corrected chi connectivity index (χ1v) is 4.81. The number of hydrogen-bond acceptors (Lipinski definition) is 3.